The van der Waals surface area contributed by atoms with Gasteiger partial charge in [0.1, 0.15) is 5.54 Å². The van der Waals surface area contributed by atoms with Gasteiger partial charge in [0, 0.05) is 12.1 Å². The summed E-state index contributed by atoms with van der Waals surface area (Å²) in [5.74, 6) is -0.0611. The highest BCUT2D eigenvalue weighted by molar-refractivity contribution is 5.81. The molecule has 0 amide bonds. The van der Waals surface area contributed by atoms with Crippen LogP contribution in [0.1, 0.15) is 51.9 Å². The monoisotopic (exact) mass is 268 g/mol. The second-order valence-corrected chi connectivity index (χ2v) is 6.22. The third-order valence-electron chi connectivity index (χ3n) is 4.56. The van der Waals surface area contributed by atoms with Crippen LogP contribution in [0.15, 0.2) is 0 Å². The summed E-state index contributed by atoms with van der Waals surface area (Å²) in [5, 5.41) is 3.58. The zero-order valence-corrected chi connectivity index (χ0v) is 12.6. The number of esters is 1. The number of methoxy groups -OCH3 is 1. The van der Waals surface area contributed by atoms with E-state index in [9.17, 15) is 4.79 Å². The molecule has 2 aliphatic rings. The van der Waals surface area contributed by atoms with Gasteiger partial charge in [-0.3, -0.25) is 10.1 Å². The molecule has 19 heavy (non-hydrogen) atoms. The van der Waals surface area contributed by atoms with Crippen molar-refractivity contribution in [1.82, 2.24) is 10.2 Å². The van der Waals surface area contributed by atoms with Crippen molar-refractivity contribution in [3.63, 3.8) is 0 Å². The SMILES string of the molecule is CCCN(C)C1CCCC(NC2CC2)(C(=O)OC)C1. The van der Waals surface area contributed by atoms with Gasteiger partial charge < -0.3 is 9.64 Å². The highest BCUT2D eigenvalue weighted by atomic mass is 16.5. The Bertz CT molecular complexity index is 317. The van der Waals surface area contributed by atoms with Gasteiger partial charge >= 0.3 is 5.97 Å². The Morgan fingerprint density at radius 3 is 2.74 bits per heavy atom. The zero-order valence-electron chi connectivity index (χ0n) is 12.6. The molecule has 0 radical (unpaired) electrons. The molecular formula is C15H28N2O2. The van der Waals surface area contributed by atoms with E-state index in [-0.39, 0.29) is 5.97 Å². The molecule has 4 nitrogen and oxygen atoms in total. The van der Waals surface area contributed by atoms with Crippen LogP contribution in [0.25, 0.3) is 0 Å². The van der Waals surface area contributed by atoms with Crippen LogP contribution in [0.4, 0.5) is 0 Å². The highest BCUT2D eigenvalue weighted by Crippen LogP contribution is 2.35. The van der Waals surface area contributed by atoms with Crippen LogP contribution in [-0.4, -0.2) is 49.2 Å². The maximum atomic E-state index is 12.3. The Morgan fingerprint density at radius 2 is 2.16 bits per heavy atom. The van der Waals surface area contributed by atoms with Crippen molar-refractivity contribution in [3.8, 4) is 0 Å². The molecular weight excluding hydrogens is 240 g/mol. The molecule has 0 aromatic rings. The highest BCUT2D eigenvalue weighted by Gasteiger charge is 2.47. The van der Waals surface area contributed by atoms with Crippen molar-refractivity contribution >= 4 is 5.97 Å². The van der Waals surface area contributed by atoms with Gasteiger partial charge in [0.05, 0.1) is 7.11 Å². The van der Waals surface area contributed by atoms with E-state index in [4.69, 9.17) is 4.74 Å². The van der Waals surface area contributed by atoms with Crippen molar-refractivity contribution in [2.75, 3.05) is 20.7 Å². The van der Waals surface area contributed by atoms with Crippen molar-refractivity contribution < 1.29 is 9.53 Å². The molecule has 2 atom stereocenters. The van der Waals surface area contributed by atoms with Crippen molar-refractivity contribution in [2.24, 2.45) is 0 Å². The summed E-state index contributed by atoms with van der Waals surface area (Å²) in [5.41, 5.74) is -0.430. The number of nitrogens with zero attached hydrogens (tertiary/aromatic N) is 1. The van der Waals surface area contributed by atoms with Crippen molar-refractivity contribution in [1.29, 1.82) is 0 Å². The van der Waals surface area contributed by atoms with Crippen LogP contribution >= 0.6 is 0 Å². The lowest BCUT2D eigenvalue weighted by atomic mass is 9.78. The van der Waals surface area contributed by atoms with Crippen LogP contribution < -0.4 is 5.32 Å². The van der Waals surface area contributed by atoms with E-state index in [0.29, 0.717) is 12.1 Å². The lowest BCUT2D eigenvalue weighted by molar-refractivity contribution is -0.151. The smallest absolute Gasteiger partial charge is 0.326 e. The first-order valence-electron chi connectivity index (χ1n) is 7.67. The summed E-state index contributed by atoms with van der Waals surface area (Å²) < 4.78 is 5.09. The largest absolute Gasteiger partial charge is 0.468 e. The standard InChI is InChI=1S/C15H28N2O2/c1-4-10-17(2)13-6-5-9-15(11-13,14(18)19-3)16-12-7-8-12/h12-13,16H,4-11H2,1-3H3. The number of ether oxygens (including phenoxy) is 1. The van der Waals surface area contributed by atoms with Crippen molar-refractivity contribution in [2.45, 2.75) is 69.5 Å². The molecule has 2 unspecified atom stereocenters. The minimum Gasteiger partial charge on any atom is -0.468 e. The van der Waals surface area contributed by atoms with Crippen LogP contribution in [-0.2, 0) is 9.53 Å². The molecule has 4 heteroatoms. The molecule has 0 bridgehead atoms. The normalized spacial score (nSPS) is 31.5. The second kappa shape index (κ2) is 6.23. The first kappa shape index (κ1) is 14.8. The summed E-state index contributed by atoms with van der Waals surface area (Å²) in [7, 11) is 3.69. The number of carbonyl (C=O) groups is 1. The maximum absolute atomic E-state index is 12.3. The topological polar surface area (TPSA) is 41.6 Å². The van der Waals surface area contributed by atoms with E-state index >= 15 is 0 Å². The average molecular weight is 268 g/mol. The summed E-state index contributed by atoms with van der Waals surface area (Å²) in [6, 6.07) is 1.04. The summed E-state index contributed by atoms with van der Waals surface area (Å²) in [6.45, 7) is 3.31. The quantitative estimate of drug-likeness (QED) is 0.748. The second-order valence-electron chi connectivity index (χ2n) is 6.22. The fourth-order valence-electron chi connectivity index (χ4n) is 3.35. The average Bonchev–Trinajstić information content (AvgIpc) is 3.22. The molecule has 0 aromatic carbocycles. The van der Waals surface area contributed by atoms with E-state index in [1.54, 1.807) is 0 Å². The fraction of sp³-hybridized carbons (Fsp3) is 0.933. The van der Waals surface area contributed by atoms with Gasteiger partial charge in [0.2, 0.25) is 0 Å². The molecule has 0 saturated heterocycles. The molecule has 2 saturated carbocycles. The Balaban J connectivity index is 2.06. The van der Waals surface area contributed by atoms with E-state index in [2.05, 4.69) is 24.2 Å². The lowest BCUT2D eigenvalue weighted by Gasteiger charge is -2.42. The molecule has 0 spiro atoms. The molecule has 0 aliphatic heterocycles. The Morgan fingerprint density at radius 1 is 1.42 bits per heavy atom. The number of carbonyl (C=O) groups excluding carboxylic acids is 1. The Hall–Kier alpha value is -0.610. The van der Waals surface area contributed by atoms with Gasteiger partial charge in [-0.05, 0) is 58.5 Å². The van der Waals surface area contributed by atoms with Gasteiger partial charge in [-0.25, -0.2) is 0 Å². The number of hydrogen-bond acceptors (Lipinski definition) is 4. The van der Waals surface area contributed by atoms with Crippen LogP contribution in [0.2, 0.25) is 0 Å². The van der Waals surface area contributed by atoms with Gasteiger partial charge in [0.15, 0.2) is 0 Å². The zero-order chi connectivity index (χ0) is 13.9. The third-order valence-corrected chi connectivity index (χ3v) is 4.56. The van der Waals surface area contributed by atoms with E-state index in [1.807, 2.05) is 0 Å². The van der Waals surface area contributed by atoms with E-state index in [0.717, 1.165) is 32.2 Å². The summed E-state index contributed by atoms with van der Waals surface area (Å²) >= 11 is 0. The Kier molecular flexibility index (Phi) is 4.85. The lowest BCUT2D eigenvalue weighted by Crippen LogP contribution is -2.59. The van der Waals surface area contributed by atoms with Gasteiger partial charge in [-0.15, -0.1) is 0 Å². The number of nitrogens with one attached hydrogen (secondary N) is 1. The molecule has 2 fully saturated rings. The molecule has 0 heterocycles. The van der Waals surface area contributed by atoms with Crippen LogP contribution in [0.5, 0.6) is 0 Å². The molecule has 2 aliphatic carbocycles. The van der Waals surface area contributed by atoms with Gasteiger partial charge in [-0.2, -0.15) is 0 Å². The Labute approximate surface area is 116 Å². The first-order chi connectivity index (χ1) is 9.11. The molecule has 110 valence electrons. The van der Waals surface area contributed by atoms with Crippen molar-refractivity contribution in [3.05, 3.63) is 0 Å². The van der Waals surface area contributed by atoms with Gasteiger partial charge in [0.25, 0.3) is 0 Å². The number of hydrogen-bond donors (Lipinski definition) is 1. The first-order valence-corrected chi connectivity index (χ1v) is 7.67. The van der Waals surface area contributed by atoms with E-state index in [1.165, 1.54) is 26.4 Å². The molecule has 2 rings (SSSR count). The fourth-order valence-corrected chi connectivity index (χ4v) is 3.35. The third kappa shape index (κ3) is 3.48. The van der Waals surface area contributed by atoms with Gasteiger partial charge in [-0.1, -0.05) is 6.92 Å². The van der Waals surface area contributed by atoms with E-state index < -0.39 is 5.54 Å². The predicted octanol–water partition coefficient (Wildman–Crippen LogP) is 1.93. The van der Waals surface area contributed by atoms with Crippen LogP contribution in [0.3, 0.4) is 0 Å². The molecule has 0 aromatic heterocycles. The maximum Gasteiger partial charge on any atom is 0.326 e. The predicted molar refractivity (Wildman–Crippen MR) is 76.1 cm³/mol. The number of rotatable bonds is 6. The summed E-state index contributed by atoms with van der Waals surface area (Å²) in [6.07, 6.45) is 7.69. The minimum absolute atomic E-state index is 0.0611. The van der Waals surface area contributed by atoms with Crippen LogP contribution in [0, 0.1) is 0 Å². The molecule has 1 N–H and O–H groups in total. The summed E-state index contributed by atoms with van der Waals surface area (Å²) in [4.78, 5) is 14.7. The minimum atomic E-state index is -0.430.